The second kappa shape index (κ2) is 3.39. The largest absolute Gasteiger partial charge is 0.478 e. The van der Waals surface area contributed by atoms with Crippen LogP contribution in [0.25, 0.3) is 15.7 Å². The van der Waals surface area contributed by atoms with Gasteiger partial charge in [-0.05, 0) is 29.0 Å². The molecule has 0 aliphatic rings. The molecule has 0 saturated carbocycles. The molecule has 0 aromatic heterocycles. The van der Waals surface area contributed by atoms with Gasteiger partial charge >= 0.3 is 11.7 Å². The van der Waals surface area contributed by atoms with Crippen LogP contribution in [-0.4, -0.2) is 11.1 Å². The molecule has 0 fully saturated rings. The first-order valence-corrected chi connectivity index (χ1v) is 4.33. The Hall–Kier alpha value is -2.41. The number of hydrogen-bond donors (Lipinski definition) is 1. The predicted molar refractivity (Wildman–Crippen MR) is 55.7 cm³/mol. The highest BCUT2D eigenvalue weighted by atomic mass is 16.4. The van der Waals surface area contributed by atoms with Crippen LogP contribution < -0.4 is 0 Å². The Morgan fingerprint density at radius 1 is 1.13 bits per heavy atom. The van der Waals surface area contributed by atoms with E-state index in [-0.39, 0.29) is 5.56 Å². The summed E-state index contributed by atoms with van der Waals surface area (Å²) < 4.78 is 0. The van der Waals surface area contributed by atoms with Gasteiger partial charge in [0.2, 0.25) is 5.39 Å². The summed E-state index contributed by atoms with van der Waals surface area (Å²) in [6, 6.07) is 9.81. The number of hydrogen-bond acceptors (Lipinski definition) is 2. The molecule has 0 unspecified atom stereocenters. The van der Waals surface area contributed by atoms with Crippen molar-refractivity contribution >= 4 is 22.4 Å². The summed E-state index contributed by atoms with van der Waals surface area (Å²) in [6.07, 6.45) is 0. The van der Waals surface area contributed by atoms with Gasteiger partial charge in [0, 0.05) is 12.1 Å². The van der Waals surface area contributed by atoms with E-state index in [2.05, 4.69) is 4.98 Å². The number of fused-ring (bicyclic) bond motifs is 1. The van der Waals surface area contributed by atoms with Gasteiger partial charge in [-0.15, -0.1) is 0 Å². The van der Waals surface area contributed by atoms with E-state index < -0.39 is 5.97 Å². The Morgan fingerprint density at radius 2 is 1.80 bits per heavy atom. The Balaban J connectivity index is 2.66. The van der Waals surface area contributed by atoms with Gasteiger partial charge in [0.1, 0.15) is 0 Å². The minimum absolute atomic E-state index is 0.246. The van der Waals surface area contributed by atoms with Gasteiger partial charge in [0.05, 0.1) is 5.56 Å². The van der Waals surface area contributed by atoms with Crippen molar-refractivity contribution in [2.75, 3.05) is 0 Å². The van der Waals surface area contributed by atoms with Crippen molar-refractivity contribution in [1.82, 2.24) is 0 Å². The highest BCUT2D eigenvalue weighted by Gasteiger charge is 2.07. The lowest BCUT2D eigenvalue weighted by atomic mass is 10.1. The maximum Gasteiger partial charge on any atom is 0.385 e. The summed E-state index contributed by atoms with van der Waals surface area (Å²) in [5.41, 5.74) is 0.696. The van der Waals surface area contributed by atoms with Crippen LogP contribution >= 0.6 is 0 Å². The number of nitrogens with zero attached hydrogens (tertiary/aromatic N) is 2. The molecule has 2 rings (SSSR count). The van der Waals surface area contributed by atoms with E-state index in [4.69, 9.17) is 10.5 Å². The maximum atomic E-state index is 10.7. The average Bonchev–Trinajstić information content (AvgIpc) is 2.27. The summed E-state index contributed by atoms with van der Waals surface area (Å²) in [7, 11) is 0. The lowest BCUT2D eigenvalue weighted by Gasteiger charge is -1.97. The Kier molecular flexibility index (Phi) is 2.07. The zero-order valence-corrected chi connectivity index (χ0v) is 7.71. The third kappa shape index (κ3) is 1.63. The van der Waals surface area contributed by atoms with Crippen molar-refractivity contribution in [1.29, 1.82) is 5.39 Å². The van der Waals surface area contributed by atoms with Crippen LogP contribution in [0.5, 0.6) is 0 Å². The standard InChI is InChI=1S/C11H6N2O2/c12-13-10-4-3-7-5-9(11(14)15)2-1-8(7)6-10/h1-6H/p+1. The van der Waals surface area contributed by atoms with Crippen molar-refractivity contribution in [3.8, 4) is 0 Å². The van der Waals surface area contributed by atoms with E-state index in [0.29, 0.717) is 5.69 Å². The first-order valence-electron chi connectivity index (χ1n) is 4.33. The second-order valence-corrected chi connectivity index (χ2v) is 3.15. The van der Waals surface area contributed by atoms with E-state index in [1.807, 2.05) is 0 Å². The summed E-state index contributed by atoms with van der Waals surface area (Å²) in [6.45, 7) is 0. The number of aromatic carboxylic acids is 1. The van der Waals surface area contributed by atoms with Crippen molar-refractivity contribution in [2.45, 2.75) is 0 Å². The zero-order valence-electron chi connectivity index (χ0n) is 7.71. The van der Waals surface area contributed by atoms with Gasteiger partial charge < -0.3 is 5.11 Å². The van der Waals surface area contributed by atoms with E-state index in [1.165, 1.54) is 6.07 Å². The molecule has 0 spiro atoms. The van der Waals surface area contributed by atoms with Crippen LogP contribution in [-0.2, 0) is 0 Å². The molecule has 2 aromatic rings. The molecular weight excluding hydrogens is 192 g/mol. The van der Waals surface area contributed by atoms with Gasteiger partial charge in [0.15, 0.2) is 4.98 Å². The fourth-order valence-corrected chi connectivity index (χ4v) is 1.43. The quantitative estimate of drug-likeness (QED) is 0.718. The molecule has 0 atom stereocenters. The molecule has 0 amide bonds. The summed E-state index contributed by atoms with van der Waals surface area (Å²) in [4.78, 5) is 13.8. The first kappa shape index (κ1) is 9.16. The number of diazo groups is 1. The summed E-state index contributed by atoms with van der Waals surface area (Å²) in [5.74, 6) is -0.951. The minimum atomic E-state index is -0.951. The van der Waals surface area contributed by atoms with Crippen LogP contribution in [0.1, 0.15) is 10.4 Å². The Labute approximate surface area is 85.4 Å². The van der Waals surface area contributed by atoms with Gasteiger partial charge in [-0.3, -0.25) is 0 Å². The topological polar surface area (TPSA) is 65.5 Å². The van der Waals surface area contributed by atoms with Crippen LogP contribution in [0, 0.1) is 5.39 Å². The summed E-state index contributed by atoms with van der Waals surface area (Å²) >= 11 is 0. The summed E-state index contributed by atoms with van der Waals surface area (Å²) in [5, 5.41) is 19.0. The molecule has 4 heteroatoms. The second-order valence-electron chi connectivity index (χ2n) is 3.15. The Morgan fingerprint density at radius 3 is 2.47 bits per heavy atom. The maximum absolute atomic E-state index is 10.7. The van der Waals surface area contributed by atoms with Crippen molar-refractivity contribution in [2.24, 2.45) is 0 Å². The van der Waals surface area contributed by atoms with Crippen molar-refractivity contribution < 1.29 is 9.90 Å². The molecule has 0 heterocycles. The number of carbonyl (C=O) groups is 1. The monoisotopic (exact) mass is 199 g/mol. The van der Waals surface area contributed by atoms with Crippen LogP contribution in [0.15, 0.2) is 36.4 Å². The SMILES string of the molecule is N#[N+]c1ccc2cc(C(=O)O)ccc2c1. The fourth-order valence-electron chi connectivity index (χ4n) is 1.43. The van der Waals surface area contributed by atoms with Crippen LogP contribution in [0.3, 0.4) is 0 Å². The molecule has 0 saturated heterocycles. The number of carboxylic acid groups (broad SMARTS) is 1. The van der Waals surface area contributed by atoms with E-state index in [1.54, 1.807) is 30.3 Å². The molecule has 15 heavy (non-hydrogen) atoms. The lowest BCUT2D eigenvalue weighted by molar-refractivity contribution is 0.0697. The highest BCUT2D eigenvalue weighted by Crippen LogP contribution is 2.22. The molecule has 0 aliphatic carbocycles. The van der Waals surface area contributed by atoms with Crippen molar-refractivity contribution in [3.05, 3.63) is 46.9 Å². The number of benzene rings is 2. The lowest BCUT2D eigenvalue weighted by Crippen LogP contribution is -1.94. The molecule has 2 aromatic carbocycles. The zero-order chi connectivity index (χ0) is 10.8. The number of rotatable bonds is 1. The predicted octanol–water partition coefficient (Wildman–Crippen LogP) is 3.02. The highest BCUT2D eigenvalue weighted by molar-refractivity contribution is 5.95. The van der Waals surface area contributed by atoms with E-state index in [9.17, 15) is 4.79 Å². The van der Waals surface area contributed by atoms with Crippen molar-refractivity contribution in [3.63, 3.8) is 0 Å². The third-order valence-corrected chi connectivity index (χ3v) is 2.19. The smallest absolute Gasteiger partial charge is 0.385 e. The van der Waals surface area contributed by atoms with Gasteiger partial charge in [-0.1, -0.05) is 6.07 Å². The van der Waals surface area contributed by atoms with Gasteiger partial charge in [-0.2, -0.15) is 0 Å². The van der Waals surface area contributed by atoms with E-state index in [0.717, 1.165) is 10.8 Å². The molecule has 1 N–H and O–H groups in total. The average molecular weight is 199 g/mol. The molecule has 0 bridgehead atoms. The normalized spacial score (nSPS) is 9.80. The first-order chi connectivity index (χ1) is 7.20. The van der Waals surface area contributed by atoms with Gasteiger partial charge in [-0.25, -0.2) is 4.79 Å². The third-order valence-electron chi connectivity index (χ3n) is 2.19. The van der Waals surface area contributed by atoms with Gasteiger partial charge in [0.25, 0.3) is 0 Å². The van der Waals surface area contributed by atoms with Crippen LogP contribution in [0.4, 0.5) is 5.69 Å². The Bertz CT molecular complexity index is 585. The minimum Gasteiger partial charge on any atom is -0.478 e. The molecular formula is C11H7N2O2+. The molecule has 4 nitrogen and oxygen atoms in total. The number of carboxylic acids is 1. The van der Waals surface area contributed by atoms with Crippen LogP contribution in [0.2, 0.25) is 0 Å². The molecule has 72 valence electrons. The fraction of sp³-hybridized carbons (Fsp3) is 0. The molecule has 0 radical (unpaired) electrons. The molecule has 0 aliphatic heterocycles. The van der Waals surface area contributed by atoms with E-state index >= 15 is 0 Å².